The molecule has 0 amide bonds. The van der Waals surface area contributed by atoms with Crippen LogP contribution in [0.15, 0.2) is 245 Å². The fourth-order valence-corrected chi connectivity index (χ4v) is 13.8. The fraction of sp³-hybridized carbons (Fsp3) is 0. The molecule has 0 saturated heterocycles. The van der Waals surface area contributed by atoms with Gasteiger partial charge in [-0.05, 0) is 136 Å². The number of phenolic OH excluding ortho intramolecular Hbond substituents is 2. The van der Waals surface area contributed by atoms with Gasteiger partial charge in [-0.2, -0.15) is 71.0 Å². The van der Waals surface area contributed by atoms with E-state index in [9.17, 15) is 113 Å². The molecule has 0 heterocycles. The maximum Gasteiger partial charge on any atom is 0.337 e. The summed E-state index contributed by atoms with van der Waals surface area (Å²) >= 11 is 0. The summed E-state index contributed by atoms with van der Waals surface area (Å²) in [7, 11) is -31.0. The number of rotatable bonds is 22. The number of aromatic hydroxyl groups is 2. The van der Waals surface area contributed by atoms with E-state index < -0.39 is 142 Å². The summed E-state index contributed by atoms with van der Waals surface area (Å²) in [6, 6.07) is 31.2. The third kappa shape index (κ3) is 17.1. The van der Waals surface area contributed by atoms with Gasteiger partial charge in [-0.3, -0.25) is 27.3 Å². The number of carbonyl (C=O) groups is 2. The van der Waals surface area contributed by atoms with Gasteiger partial charge in [0.1, 0.15) is 57.8 Å². The Bertz CT molecular complexity index is 6250. The van der Waals surface area contributed by atoms with E-state index in [1.54, 1.807) is 0 Å². The van der Waals surface area contributed by atoms with E-state index in [0.717, 1.165) is 85.0 Å². The molecule has 526 valence electrons. The van der Waals surface area contributed by atoms with Crippen LogP contribution in [-0.2, 0) is 60.7 Å². The molecule has 103 heavy (non-hydrogen) atoms. The van der Waals surface area contributed by atoms with Crippen LogP contribution in [-0.4, -0.2) is 115 Å². The Balaban J connectivity index is 0.881. The molecule has 0 aromatic heterocycles. The number of hydrogen-bond acceptors (Lipinski definition) is 26. The SMILES string of the molecule is O=C(O)c1ccccc1N=Nc1c(S(=O)(=O)O)cc2ccc(N=Nc3ccc(C=Cc4ccc(N=[N+]([O-])c5ccc(C=Cc6ccc(N=Nc7ccc8cc(S(=O)(=O)O)c(N=Nc9ccccc9C(=O)O)c(O)c8c7)cc6S(=O)(=O)O)c(S(=O)(=O)O)c5)cc4S(=O)(=O)O)c(S(=O)(=O)O)c3)cc2c1O. The van der Waals surface area contributed by atoms with Crippen LogP contribution in [0.1, 0.15) is 43.0 Å². The van der Waals surface area contributed by atoms with Gasteiger partial charge in [0.05, 0.1) is 33.9 Å². The van der Waals surface area contributed by atoms with E-state index >= 15 is 0 Å². The number of phenols is 2. The third-order valence-electron chi connectivity index (χ3n) is 14.4. The predicted octanol–water partition coefficient (Wildman–Crippen LogP) is 14.2. The number of nitrogens with zero attached hydrogens (tertiary/aromatic N) is 10. The van der Waals surface area contributed by atoms with Gasteiger partial charge in [0.15, 0.2) is 11.5 Å². The van der Waals surface area contributed by atoms with Crippen LogP contribution in [0.2, 0.25) is 0 Å². The van der Waals surface area contributed by atoms with Gasteiger partial charge >= 0.3 is 11.9 Å². The van der Waals surface area contributed by atoms with Crippen molar-refractivity contribution in [2.24, 2.45) is 46.0 Å². The normalized spacial score (nSPS) is 13.1. The van der Waals surface area contributed by atoms with Crippen LogP contribution in [0.4, 0.5) is 56.9 Å². The van der Waals surface area contributed by atoms with Crippen molar-refractivity contribution in [3.8, 4) is 11.5 Å². The van der Waals surface area contributed by atoms with Crippen LogP contribution in [0.25, 0.3) is 45.8 Å². The standard InChI is InChI=1S/C62H42N10O25S6/c73-59-47-27-39(21-16-37(47)25-55(102(92,93)94)57(59)69-67-49-7-3-1-5-45(49)61(75)76)63-65-41-19-13-33(51(29-41)98(80,81)82)9-10-35-15-23-43(31-53(35)100(86,87)88)71-72(79)44-24-18-36(54(32-44)101(89,90)91)12-11-34-14-20-42(30-52(34)99(83,84)85)66-64-40-22-17-38-26-56(103(95,96)97)58(60(74)48(38)28-40)70-68-50-8-4-2-6-46(50)62(77)78/h1-32,73-74H,(H,75,76)(H,77,78)(H,80,81,82)(H,83,84,85)(H,86,87,88)(H,89,90,91)(H,92,93,94)(H,95,96,97). The summed E-state index contributed by atoms with van der Waals surface area (Å²) in [4.78, 5) is 17.8. The lowest BCUT2D eigenvalue weighted by Gasteiger charge is -2.09. The number of aromatic carboxylic acids is 2. The largest absolute Gasteiger partial charge is 0.594 e. The Morgan fingerprint density at radius 3 is 0.990 bits per heavy atom. The van der Waals surface area contributed by atoms with E-state index in [2.05, 4.69) is 46.0 Å². The molecule has 0 aliphatic heterocycles. The lowest BCUT2D eigenvalue weighted by molar-refractivity contribution is -0.435. The van der Waals surface area contributed by atoms with E-state index in [1.165, 1.54) is 97.1 Å². The minimum Gasteiger partial charge on any atom is -0.594 e. The minimum absolute atomic E-state index is 0.0139. The van der Waals surface area contributed by atoms with Gasteiger partial charge in [0, 0.05) is 28.0 Å². The molecule has 0 atom stereocenters. The molecule has 0 bridgehead atoms. The summed E-state index contributed by atoms with van der Waals surface area (Å²) in [5.74, 6) is -4.53. The molecular weight excluding hydrogens is 1480 g/mol. The lowest BCUT2D eigenvalue weighted by atomic mass is 10.1. The van der Waals surface area contributed by atoms with Crippen molar-refractivity contribution in [3.63, 3.8) is 0 Å². The quantitative estimate of drug-likeness (QED) is 0.00990. The zero-order chi connectivity index (χ0) is 74.9. The number of fused-ring (bicyclic) bond motifs is 2. The summed E-state index contributed by atoms with van der Waals surface area (Å²) in [5, 5.41) is 89.5. The van der Waals surface area contributed by atoms with Crippen molar-refractivity contribution in [2.45, 2.75) is 29.4 Å². The maximum atomic E-state index is 13.5. The highest BCUT2D eigenvalue weighted by Crippen LogP contribution is 2.45. The highest BCUT2D eigenvalue weighted by atomic mass is 32.2. The molecule has 10 aromatic rings. The maximum absolute atomic E-state index is 13.5. The molecule has 0 aliphatic carbocycles. The Morgan fingerprint density at radius 2 is 0.641 bits per heavy atom. The van der Waals surface area contributed by atoms with Crippen molar-refractivity contribution in [1.29, 1.82) is 0 Å². The molecule has 35 nitrogen and oxygen atoms in total. The first kappa shape index (κ1) is 73.7. The number of carboxylic acids is 2. The zero-order valence-corrected chi connectivity index (χ0v) is 55.9. The molecule has 41 heteroatoms. The Hall–Kier alpha value is -12.0. The molecule has 10 aromatic carbocycles. The second kappa shape index (κ2) is 28.6. The highest BCUT2D eigenvalue weighted by molar-refractivity contribution is 7.87. The average molecular weight is 1520 g/mol. The van der Waals surface area contributed by atoms with Crippen molar-refractivity contribution in [1.82, 2.24) is 0 Å². The van der Waals surface area contributed by atoms with Crippen LogP contribution in [0.5, 0.6) is 11.5 Å². The molecule has 0 aliphatic rings. The number of azo groups is 5. The summed E-state index contributed by atoms with van der Waals surface area (Å²) < 4.78 is 212. The molecule has 10 rings (SSSR count). The molecule has 0 fully saturated rings. The number of hydrogen-bond donors (Lipinski definition) is 10. The predicted molar refractivity (Wildman–Crippen MR) is 363 cm³/mol. The molecule has 0 spiro atoms. The molecule has 0 saturated carbocycles. The van der Waals surface area contributed by atoms with Crippen molar-refractivity contribution in [3.05, 3.63) is 208 Å². The Kier molecular flexibility index (Phi) is 20.4. The summed E-state index contributed by atoms with van der Waals surface area (Å²) in [6.07, 6.45) is 3.91. The van der Waals surface area contributed by atoms with Crippen molar-refractivity contribution >= 4 is 175 Å². The smallest absolute Gasteiger partial charge is 0.337 e. The van der Waals surface area contributed by atoms with Gasteiger partial charge in [0.2, 0.25) is 5.69 Å². The minimum atomic E-state index is -5.27. The van der Waals surface area contributed by atoms with Gasteiger partial charge in [-0.25, -0.2) is 9.59 Å². The molecule has 0 radical (unpaired) electrons. The fourth-order valence-electron chi connectivity index (χ4n) is 9.65. The van der Waals surface area contributed by atoms with Crippen LogP contribution in [0, 0.1) is 5.21 Å². The number of carboxylic acid groups (broad SMARTS) is 2. The van der Waals surface area contributed by atoms with Crippen LogP contribution in [0.3, 0.4) is 0 Å². The highest BCUT2D eigenvalue weighted by Gasteiger charge is 2.27. The van der Waals surface area contributed by atoms with Gasteiger partial charge in [-0.1, -0.05) is 83.8 Å². The Morgan fingerprint density at radius 1 is 0.340 bits per heavy atom. The second-order valence-corrected chi connectivity index (χ2v) is 29.5. The van der Waals surface area contributed by atoms with Gasteiger partial charge < -0.3 is 25.6 Å². The van der Waals surface area contributed by atoms with Gasteiger partial charge in [-0.15, -0.1) is 20.5 Å². The Labute approximate surface area is 579 Å². The first-order valence-electron chi connectivity index (χ1n) is 28.1. The first-order chi connectivity index (χ1) is 48.2. The zero-order valence-electron chi connectivity index (χ0n) is 51.0. The number of benzene rings is 10. The summed E-state index contributed by atoms with van der Waals surface area (Å²) in [5.41, 5.74) is -5.83. The third-order valence-corrected chi connectivity index (χ3v) is 19.8. The first-order valence-corrected chi connectivity index (χ1v) is 36.7. The van der Waals surface area contributed by atoms with Crippen LogP contribution < -0.4 is 0 Å². The van der Waals surface area contributed by atoms with Crippen molar-refractivity contribution in [2.75, 3.05) is 0 Å². The monoisotopic (exact) mass is 1520 g/mol. The van der Waals surface area contributed by atoms with Crippen LogP contribution >= 0.6 is 0 Å². The van der Waals surface area contributed by atoms with E-state index in [4.69, 9.17) is 0 Å². The summed E-state index contributed by atoms with van der Waals surface area (Å²) in [6.45, 7) is 0. The topological polar surface area (TPSA) is 579 Å². The molecule has 0 unspecified atom stereocenters. The van der Waals surface area contributed by atoms with E-state index in [1.807, 2.05) is 0 Å². The van der Waals surface area contributed by atoms with Gasteiger partial charge in [0.25, 0.3) is 60.7 Å². The van der Waals surface area contributed by atoms with Crippen molar-refractivity contribution < 1.29 is 113 Å². The average Bonchev–Trinajstić information content (AvgIpc) is 0.772. The molecule has 10 N–H and O–H groups in total. The van der Waals surface area contributed by atoms with E-state index in [0.29, 0.717) is 12.1 Å². The second-order valence-electron chi connectivity index (χ2n) is 21.2. The lowest BCUT2D eigenvalue weighted by Crippen LogP contribution is -2.03. The molecular formula is C62H42N10O25S6. The van der Waals surface area contributed by atoms with E-state index in [-0.39, 0.29) is 88.3 Å².